The zero-order valence-corrected chi connectivity index (χ0v) is 14.4. The van der Waals surface area contributed by atoms with Crippen LogP contribution in [0.4, 0.5) is 0 Å². The molecule has 2 atom stereocenters. The maximum atomic E-state index is 8.75. The molecule has 0 aromatic rings. The standard InChI is InChI=1S/C10H22O4P2S2/c1-3-10(2,12-7-4-6-11)16(18)14-9-5-8-13-15-17/h11,16H,3-9H2,1-2H3. The van der Waals surface area contributed by atoms with Gasteiger partial charge in [-0.05, 0) is 38.0 Å². The maximum Gasteiger partial charge on any atom is 0.136 e. The lowest BCUT2D eigenvalue weighted by atomic mass is 10.3. The first-order valence-electron chi connectivity index (χ1n) is 5.97. The normalized spacial score (nSPS) is 16.6. The van der Waals surface area contributed by atoms with Gasteiger partial charge in [-0.25, -0.2) is 0 Å². The van der Waals surface area contributed by atoms with Crippen LogP contribution in [0.15, 0.2) is 0 Å². The Morgan fingerprint density at radius 1 is 1.28 bits per heavy atom. The first kappa shape index (κ1) is 19.0. The molecule has 0 saturated heterocycles. The van der Waals surface area contributed by atoms with E-state index in [2.05, 4.69) is 11.8 Å². The second-order valence-electron chi connectivity index (χ2n) is 3.91. The van der Waals surface area contributed by atoms with Gasteiger partial charge in [-0.3, -0.25) is 0 Å². The SMILES string of the molecule is CCC(C)(OCCCO)[PH](=S)OCCCOP=S. The van der Waals surface area contributed by atoms with Crippen LogP contribution in [0.2, 0.25) is 0 Å². The Kier molecular flexibility index (Phi) is 12.5. The summed E-state index contributed by atoms with van der Waals surface area (Å²) in [5.41, 5.74) is 0. The van der Waals surface area contributed by atoms with Crippen molar-refractivity contribution in [2.75, 3.05) is 26.4 Å². The number of aliphatic hydroxyl groups excluding tert-OH is 1. The van der Waals surface area contributed by atoms with E-state index >= 15 is 0 Å². The molecule has 0 aromatic heterocycles. The fraction of sp³-hybridized carbons (Fsp3) is 1.00. The average Bonchev–Trinajstić information content (AvgIpc) is 2.38. The number of hydrogen-bond acceptors (Lipinski definition) is 6. The van der Waals surface area contributed by atoms with E-state index in [4.69, 9.17) is 30.7 Å². The largest absolute Gasteiger partial charge is 0.396 e. The smallest absolute Gasteiger partial charge is 0.136 e. The topological polar surface area (TPSA) is 47.9 Å². The number of rotatable bonds is 12. The lowest BCUT2D eigenvalue weighted by Gasteiger charge is -2.30. The van der Waals surface area contributed by atoms with E-state index in [1.807, 2.05) is 13.8 Å². The minimum absolute atomic E-state index is 0.137. The molecule has 18 heavy (non-hydrogen) atoms. The molecule has 0 aliphatic heterocycles. The molecule has 0 radical (unpaired) electrons. The maximum absolute atomic E-state index is 8.75. The van der Waals surface area contributed by atoms with Crippen molar-refractivity contribution in [1.29, 1.82) is 0 Å². The Hall–Kier alpha value is 1.01. The highest BCUT2D eigenvalue weighted by Crippen LogP contribution is 2.43. The Balaban J connectivity index is 3.96. The van der Waals surface area contributed by atoms with Crippen molar-refractivity contribution in [1.82, 2.24) is 0 Å². The van der Waals surface area contributed by atoms with Crippen LogP contribution in [-0.2, 0) is 37.4 Å². The van der Waals surface area contributed by atoms with Crippen molar-refractivity contribution in [3.8, 4) is 0 Å². The van der Waals surface area contributed by atoms with Gasteiger partial charge >= 0.3 is 0 Å². The van der Waals surface area contributed by atoms with Gasteiger partial charge < -0.3 is 18.9 Å². The van der Waals surface area contributed by atoms with Gasteiger partial charge in [0.05, 0.1) is 26.7 Å². The van der Waals surface area contributed by atoms with Gasteiger partial charge in [0.15, 0.2) is 0 Å². The predicted octanol–water partition coefficient (Wildman–Crippen LogP) is 2.85. The number of aliphatic hydroxyl groups is 1. The molecule has 0 aliphatic rings. The number of hydrogen-bond donors (Lipinski definition) is 1. The lowest BCUT2D eigenvalue weighted by Crippen LogP contribution is -2.25. The van der Waals surface area contributed by atoms with Gasteiger partial charge in [-0.15, -0.1) is 0 Å². The van der Waals surface area contributed by atoms with Crippen LogP contribution >= 0.6 is 14.5 Å². The van der Waals surface area contributed by atoms with E-state index in [0.29, 0.717) is 33.8 Å². The first-order chi connectivity index (χ1) is 8.60. The highest BCUT2D eigenvalue weighted by molar-refractivity contribution is 8.03. The van der Waals surface area contributed by atoms with Gasteiger partial charge in [0.1, 0.15) is 12.9 Å². The monoisotopic (exact) mass is 332 g/mol. The molecule has 4 nitrogen and oxygen atoms in total. The summed E-state index contributed by atoms with van der Waals surface area (Å²) in [7, 11) is 0.530. The van der Waals surface area contributed by atoms with Crippen molar-refractivity contribution in [3.05, 3.63) is 0 Å². The van der Waals surface area contributed by atoms with Crippen LogP contribution in [-0.4, -0.2) is 36.9 Å². The third-order valence-electron chi connectivity index (χ3n) is 2.50. The number of ether oxygens (including phenoxy) is 1. The predicted molar refractivity (Wildman–Crippen MR) is 82.8 cm³/mol. The summed E-state index contributed by atoms with van der Waals surface area (Å²) in [5.74, 6) is 0. The van der Waals surface area contributed by atoms with Crippen LogP contribution in [0.5, 0.6) is 0 Å². The van der Waals surface area contributed by atoms with Crippen molar-refractivity contribution in [2.45, 2.75) is 38.5 Å². The summed E-state index contributed by atoms with van der Waals surface area (Å²) in [6.07, 6.45) is 2.24. The van der Waals surface area contributed by atoms with Crippen molar-refractivity contribution >= 4 is 38.1 Å². The van der Waals surface area contributed by atoms with Crippen molar-refractivity contribution in [3.63, 3.8) is 0 Å². The Morgan fingerprint density at radius 2 is 2.00 bits per heavy atom. The highest BCUT2D eigenvalue weighted by atomic mass is 32.4. The molecule has 0 amide bonds. The third-order valence-corrected chi connectivity index (χ3v) is 6.58. The quantitative estimate of drug-likeness (QED) is 0.438. The van der Waals surface area contributed by atoms with E-state index in [-0.39, 0.29) is 11.9 Å². The molecule has 0 rings (SSSR count). The third kappa shape index (κ3) is 8.23. The van der Waals surface area contributed by atoms with E-state index in [9.17, 15) is 0 Å². The second-order valence-corrected chi connectivity index (χ2v) is 7.80. The second kappa shape index (κ2) is 11.8. The van der Waals surface area contributed by atoms with Gasteiger partial charge in [0.25, 0.3) is 0 Å². The summed E-state index contributed by atoms with van der Waals surface area (Å²) in [6.45, 7) is 4.42. The minimum atomic E-state index is -1.45. The van der Waals surface area contributed by atoms with E-state index < -0.39 is 6.92 Å². The van der Waals surface area contributed by atoms with E-state index in [1.54, 1.807) is 0 Å². The van der Waals surface area contributed by atoms with Gasteiger partial charge in [0.2, 0.25) is 0 Å². The molecule has 0 saturated carbocycles. The molecule has 0 fully saturated rings. The van der Waals surface area contributed by atoms with Gasteiger partial charge in [-0.1, -0.05) is 18.7 Å². The Morgan fingerprint density at radius 3 is 2.56 bits per heavy atom. The zero-order chi connectivity index (χ0) is 13.9. The van der Waals surface area contributed by atoms with Crippen molar-refractivity contribution < 1.29 is 18.9 Å². The Labute approximate surface area is 122 Å². The molecule has 108 valence electrons. The fourth-order valence-corrected chi connectivity index (χ4v) is 3.58. The van der Waals surface area contributed by atoms with Crippen LogP contribution < -0.4 is 0 Å². The van der Waals surface area contributed by atoms with Crippen LogP contribution in [0, 0.1) is 0 Å². The molecular weight excluding hydrogens is 310 g/mol. The molecule has 8 heteroatoms. The zero-order valence-electron chi connectivity index (χ0n) is 10.9. The highest BCUT2D eigenvalue weighted by Gasteiger charge is 2.27. The molecule has 1 N–H and O–H groups in total. The summed E-state index contributed by atoms with van der Waals surface area (Å²) in [6, 6.07) is 0. The first-order valence-corrected chi connectivity index (χ1v) is 10.3. The molecule has 0 aliphatic carbocycles. The van der Waals surface area contributed by atoms with E-state index in [1.165, 1.54) is 0 Å². The van der Waals surface area contributed by atoms with Gasteiger partial charge in [-0.2, -0.15) is 0 Å². The minimum Gasteiger partial charge on any atom is -0.396 e. The molecule has 0 aromatic carbocycles. The van der Waals surface area contributed by atoms with E-state index in [0.717, 1.165) is 12.8 Å². The molecule has 2 unspecified atom stereocenters. The summed E-state index contributed by atoms with van der Waals surface area (Å²) < 4.78 is 16.5. The van der Waals surface area contributed by atoms with Crippen LogP contribution in [0.3, 0.4) is 0 Å². The molecular formula is C10H22O4P2S2. The fourth-order valence-electron chi connectivity index (χ4n) is 1.15. The summed E-state index contributed by atoms with van der Waals surface area (Å²) in [4.78, 5) is 0. The molecule has 0 spiro atoms. The van der Waals surface area contributed by atoms with Crippen molar-refractivity contribution in [2.24, 2.45) is 0 Å². The molecule has 0 bridgehead atoms. The van der Waals surface area contributed by atoms with Crippen LogP contribution in [0.25, 0.3) is 0 Å². The van der Waals surface area contributed by atoms with Crippen LogP contribution in [0.1, 0.15) is 33.1 Å². The lowest BCUT2D eigenvalue weighted by molar-refractivity contribution is 0.0183. The summed E-state index contributed by atoms with van der Waals surface area (Å²) in [5, 5.41) is 8.36. The Bertz CT molecular complexity index is 256. The average molecular weight is 332 g/mol. The van der Waals surface area contributed by atoms with Gasteiger partial charge in [0, 0.05) is 6.61 Å². The molecule has 0 heterocycles. The summed E-state index contributed by atoms with van der Waals surface area (Å²) >= 11 is 10.1.